The highest BCUT2D eigenvalue weighted by Crippen LogP contribution is 2.15. The first-order chi connectivity index (χ1) is 11.2. The van der Waals surface area contributed by atoms with Crippen LogP contribution in [0.2, 0.25) is 0 Å². The standard InChI is InChI=1S/C16H20N4O4/c1-16(2,3)24-15(23)17-13(14(21)22)10-20-9-12(18-19-20)11-7-5-4-6-8-11/h4-9,13H,10H2,1-3H3,(H,17,23)(H,21,22)/t13-/m1/s1. The fourth-order valence-electron chi connectivity index (χ4n) is 1.95. The van der Waals surface area contributed by atoms with Gasteiger partial charge in [0.05, 0.1) is 12.7 Å². The summed E-state index contributed by atoms with van der Waals surface area (Å²) in [6, 6.07) is 8.21. The van der Waals surface area contributed by atoms with Gasteiger partial charge < -0.3 is 15.2 Å². The lowest BCUT2D eigenvalue weighted by Crippen LogP contribution is -2.45. The van der Waals surface area contributed by atoms with Crippen LogP contribution >= 0.6 is 0 Å². The summed E-state index contributed by atoms with van der Waals surface area (Å²) in [5.41, 5.74) is 0.786. The van der Waals surface area contributed by atoms with E-state index in [1.165, 1.54) is 4.68 Å². The number of aromatic nitrogens is 3. The van der Waals surface area contributed by atoms with Crippen LogP contribution in [0.4, 0.5) is 4.79 Å². The lowest BCUT2D eigenvalue weighted by molar-refractivity contribution is -0.139. The number of alkyl carbamates (subject to hydrolysis) is 1. The van der Waals surface area contributed by atoms with E-state index in [0.717, 1.165) is 5.56 Å². The van der Waals surface area contributed by atoms with Crippen molar-refractivity contribution >= 4 is 12.1 Å². The van der Waals surface area contributed by atoms with Crippen LogP contribution in [0.25, 0.3) is 11.3 Å². The largest absolute Gasteiger partial charge is 0.480 e. The summed E-state index contributed by atoms with van der Waals surface area (Å²) in [7, 11) is 0. The second-order valence-electron chi connectivity index (χ2n) is 6.23. The molecule has 1 amide bonds. The van der Waals surface area contributed by atoms with E-state index in [1.807, 2.05) is 30.3 Å². The molecule has 8 heteroatoms. The van der Waals surface area contributed by atoms with Gasteiger partial charge in [0.15, 0.2) is 0 Å². The number of nitrogens with one attached hydrogen (secondary N) is 1. The van der Waals surface area contributed by atoms with Gasteiger partial charge in [-0.1, -0.05) is 35.5 Å². The predicted molar refractivity (Wildman–Crippen MR) is 86.3 cm³/mol. The molecule has 1 heterocycles. The summed E-state index contributed by atoms with van der Waals surface area (Å²) >= 11 is 0. The van der Waals surface area contributed by atoms with Crippen LogP contribution in [-0.4, -0.2) is 43.8 Å². The zero-order valence-electron chi connectivity index (χ0n) is 13.8. The normalized spacial score (nSPS) is 12.5. The maximum absolute atomic E-state index is 11.7. The van der Waals surface area contributed by atoms with E-state index in [-0.39, 0.29) is 6.54 Å². The van der Waals surface area contributed by atoms with E-state index in [1.54, 1.807) is 27.0 Å². The average molecular weight is 332 g/mol. The first kappa shape index (κ1) is 17.5. The number of rotatable bonds is 5. The summed E-state index contributed by atoms with van der Waals surface area (Å²) in [5.74, 6) is -1.18. The van der Waals surface area contributed by atoms with Gasteiger partial charge in [0.25, 0.3) is 0 Å². The number of carbonyl (C=O) groups is 2. The van der Waals surface area contributed by atoms with Crippen LogP contribution in [0.3, 0.4) is 0 Å². The number of hydrogen-bond donors (Lipinski definition) is 2. The summed E-state index contributed by atoms with van der Waals surface area (Å²) in [6.45, 7) is 5.04. The van der Waals surface area contributed by atoms with Gasteiger partial charge in [0.1, 0.15) is 17.3 Å². The molecule has 1 aromatic carbocycles. The van der Waals surface area contributed by atoms with Crippen molar-refractivity contribution in [3.05, 3.63) is 36.5 Å². The molecule has 0 radical (unpaired) electrons. The number of ether oxygens (including phenoxy) is 1. The molecule has 0 saturated carbocycles. The fourth-order valence-corrected chi connectivity index (χ4v) is 1.95. The highest BCUT2D eigenvalue weighted by molar-refractivity contribution is 5.79. The Morgan fingerprint density at radius 2 is 1.96 bits per heavy atom. The molecule has 0 saturated heterocycles. The Balaban J connectivity index is 2.05. The van der Waals surface area contributed by atoms with E-state index in [0.29, 0.717) is 5.69 Å². The molecule has 128 valence electrons. The van der Waals surface area contributed by atoms with Crippen LogP contribution < -0.4 is 5.32 Å². The molecule has 24 heavy (non-hydrogen) atoms. The van der Waals surface area contributed by atoms with Gasteiger partial charge in [-0.25, -0.2) is 14.3 Å². The fraction of sp³-hybridized carbons (Fsp3) is 0.375. The number of aliphatic carboxylic acids is 1. The molecule has 8 nitrogen and oxygen atoms in total. The van der Waals surface area contributed by atoms with Crippen molar-refractivity contribution in [2.75, 3.05) is 0 Å². The maximum Gasteiger partial charge on any atom is 0.408 e. The zero-order valence-corrected chi connectivity index (χ0v) is 13.8. The Kier molecular flexibility index (Phi) is 5.18. The minimum atomic E-state index is -1.18. The van der Waals surface area contributed by atoms with Crippen molar-refractivity contribution in [1.82, 2.24) is 20.3 Å². The highest BCUT2D eigenvalue weighted by Gasteiger charge is 2.24. The smallest absolute Gasteiger partial charge is 0.408 e. The van der Waals surface area contributed by atoms with Gasteiger partial charge in [-0.3, -0.25) is 0 Å². The molecule has 2 rings (SSSR count). The van der Waals surface area contributed by atoms with Crippen molar-refractivity contribution in [2.45, 2.75) is 39.0 Å². The van der Waals surface area contributed by atoms with Crippen LogP contribution in [-0.2, 0) is 16.1 Å². The van der Waals surface area contributed by atoms with Crippen molar-refractivity contribution in [2.24, 2.45) is 0 Å². The van der Waals surface area contributed by atoms with Gasteiger partial charge in [0.2, 0.25) is 0 Å². The molecule has 0 spiro atoms. The Morgan fingerprint density at radius 3 is 2.54 bits per heavy atom. The maximum atomic E-state index is 11.7. The first-order valence-electron chi connectivity index (χ1n) is 7.42. The molecule has 0 unspecified atom stereocenters. The molecule has 1 aromatic heterocycles. The van der Waals surface area contributed by atoms with E-state index >= 15 is 0 Å². The van der Waals surface area contributed by atoms with Gasteiger partial charge >= 0.3 is 12.1 Å². The first-order valence-corrected chi connectivity index (χ1v) is 7.42. The minimum Gasteiger partial charge on any atom is -0.480 e. The molecule has 0 aliphatic carbocycles. The van der Waals surface area contributed by atoms with Crippen LogP contribution in [0, 0.1) is 0 Å². The third-order valence-electron chi connectivity index (χ3n) is 2.97. The predicted octanol–water partition coefficient (Wildman–Crippen LogP) is 1.92. The van der Waals surface area contributed by atoms with Crippen molar-refractivity contribution in [3.63, 3.8) is 0 Å². The van der Waals surface area contributed by atoms with Crippen LogP contribution in [0.15, 0.2) is 36.5 Å². The number of carbonyl (C=O) groups excluding carboxylic acids is 1. The summed E-state index contributed by atoms with van der Waals surface area (Å²) in [6.07, 6.45) is 0.834. The van der Waals surface area contributed by atoms with Crippen molar-refractivity contribution in [1.29, 1.82) is 0 Å². The number of nitrogens with zero attached hydrogens (tertiary/aromatic N) is 3. The monoisotopic (exact) mass is 332 g/mol. The molecular formula is C16H20N4O4. The lowest BCUT2D eigenvalue weighted by Gasteiger charge is -2.21. The van der Waals surface area contributed by atoms with Crippen molar-refractivity contribution in [3.8, 4) is 11.3 Å². The third kappa shape index (κ3) is 5.08. The lowest BCUT2D eigenvalue weighted by atomic mass is 10.2. The van der Waals surface area contributed by atoms with Gasteiger partial charge in [-0.15, -0.1) is 5.10 Å². The molecule has 0 aliphatic heterocycles. The topological polar surface area (TPSA) is 106 Å². The molecule has 2 N–H and O–H groups in total. The van der Waals surface area contributed by atoms with Crippen LogP contribution in [0.5, 0.6) is 0 Å². The molecule has 2 aromatic rings. The quantitative estimate of drug-likeness (QED) is 0.866. The Bertz CT molecular complexity index is 706. The van der Waals surface area contributed by atoms with E-state index in [4.69, 9.17) is 4.74 Å². The summed E-state index contributed by atoms with van der Waals surface area (Å²) < 4.78 is 6.45. The second kappa shape index (κ2) is 7.12. The number of carboxylic acids is 1. The summed E-state index contributed by atoms with van der Waals surface area (Å²) in [5, 5.41) is 19.5. The molecule has 1 atom stereocenters. The molecule has 0 aliphatic rings. The van der Waals surface area contributed by atoms with Gasteiger partial charge in [0, 0.05) is 5.56 Å². The zero-order chi connectivity index (χ0) is 17.7. The summed E-state index contributed by atoms with van der Waals surface area (Å²) in [4.78, 5) is 23.1. The highest BCUT2D eigenvalue weighted by atomic mass is 16.6. The average Bonchev–Trinajstić information content (AvgIpc) is 2.94. The Hall–Kier alpha value is -2.90. The SMILES string of the molecule is CC(C)(C)OC(=O)N[C@H](Cn1cc(-c2ccccc2)nn1)C(=O)O. The number of hydrogen-bond acceptors (Lipinski definition) is 5. The van der Waals surface area contributed by atoms with Gasteiger partial charge in [-0.05, 0) is 20.8 Å². The number of benzene rings is 1. The minimum absolute atomic E-state index is 0.0611. The second-order valence-corrected chi connectivity index (χ2v) is 6.23. The molecular weight excluding hydrogens is 312 g/mol. The third-order valence-corrected chi connectivity index (χ3v) is 2.97. The van der Waals surface area contributed by atoms with E-state index in [9.17, 15) is 14.7 Å². The van der Waals surface area contributed by atoms with E-state index < -0.39 is 23.7 Å². The van der Waals surface area contributed by atoms with Crippen molar-refractivity contribution < 1.29 is 19.4 Å². The van der Waals surface area contributed by atoms with E-state index in [2.05, 4.69) is 15.6 Å². The van der Waals surface area contributed by atoms with Gasteiger partial charge in [-0.2, -0.15) is 0 Å². The Morgan fingerprint density at radius 1 is 1.29 bits per heavy atom. The Labute approximate surface area is 139 Å². The molecule has 0 fully saturated rings. The number of amides is 1. The van der Waals surface area contributed by atoms with Crippen LogP contribution in [0.1, 0.15) is 20.8 Å². The molecule has 0 bridgehead atoms. The number of carboxylic acid groups (broad SMARTS) is 1.